The van der Waals surface area contributed by atoms with Gasteiger partial charge in [0.1, 0.15) is 0 Å². The third-order valence-corrected chi connectivity index (χ3v) is 3.97. The van der Waals surface area contributed by atoms with Gasteiger partial charge in [-0.05, 0) is 18.2 Å². The predicted molar refractivity (Wildman–Crippen MR) is 77.3 cm³/mol. The number of rotatable bonds is 2. The average molecular weight is 550 g/mol. The van der Waals surface area contributed by atoms with Gasteiger partial charge in [0.25, 0.3) is 5.90 Å². The number of aliphatic imine (C=N–C) groups is 2. The van der Waals surface area contributed by atoms with Crippen LogP contribution in [0.4, 0.5) is 74.6 Å². The van der Waals surface area contributed by atoms with Crippen LogP contribution in [-0.2, 0) is 17.1 Å². The van der Waals surface area contributed by atoms with Crippen molar-refractivity contribution in [3.05, 3.63) is 34.9 Å². The predicted octanol–water partition coefficient (Wildman–Crippen LogP) is 6.92. The van der Waals surface area contributed by atoms with Crippen LogP contribution in [0.5, 0.6) is 0 Å². The maximum absolute atomic E-state index is 13.6. The first kappa shape index (κ1) is 28.4. The van der Waals surface area contributed by atoms with Crippen molar-refractivity contribution in [2.24, 2.45) is 9.98 Å². The minimum Gasteiger partial charge on any atom is -0.418 e. The lowest BCUT2D eigenvalue weighted by Gasteiger charge is -2.35. The zero-order valence-electron chi connectivity index (χ0n) is 15.5. The largest absolute Gasteiger partial charge is 0.463 e. The van der Waals surface area contributed by atoms with Crippen LogP contribution in [0.25, 0.3) is 0 Å². The van der Waals surface area contributed by atoms with E-state index >= 15 is 0 Å². The Morgan fingerprint density at radius 1 is 0.571 bits per heavy atom. The maximum Gasteiger partial charge on any atom is 0.463 e. The van der Waals surface area contributed by atoms with Crippen LogP contribution in [0.15, 0.2) is 28.2 Å². The quantitative estimate of drug-likeness (QED) is 0.369. The maximum atomic E-state index is 13.6. The Balaban J connectivity index is 2.98. The SMILES string of the molecule is FC(F)(F)c1cc(C2=NC(C(F)(F)F)(C(F)(F)F)N=C(C(F)(F)C(F)(F)F)O2)cc(C(F)(F)F)c1. The highest BCUT2D eigenvalue weighted by Crippen LogP contribution is 2.51. The van der Waals surface area contributed by atoms with Crippen molar-refractivity contribution < 1.29 is 79.4 Å². The number of ether oxygens (including phenoxy) is 1. The monoisotopic (exact) mass is 550 g/mol. The molecule has 35 heavy (non-hydrogen) atoms. The van der Waals surface area contributed by atoms with E-state index in [9.17, 15) is 74.6 Å². The molecule has 0 radical (unpaired) electrons. The lowest BCUT2D eigenvalue weighted by Crippen LogP contribution is -2.59. The third kappa shape index (κ3) is 5.09. The highest BCUT2D eigenvalue weighted by molar-refractivity contribution is 6.05. The zero-order valence-corrected chi connectivity index (χ0v) is 15.5. The van der Waals surface area contributed by atoms with E-state index in [0.717, 1.165) is 0 Å². The molecular formula is C15H3F17N2O. The summed E-state index contributed by atoms with van der Waals surface area (Å²) >= 11 is 0. The summed E-state index contributed by atoms with van der Waals surface area (Å²) in [5.74, 6) is -13.1. The molecular weight excluding hydrogens is 547 g/mol. The summed E-state index contributed by atoms with van der Waals surface area (Å²) in [6.45, 7) is 0. The van der Waals surface area contributed by atoms with Crippen molar-refractivity contribution in [1.82, 2.24) is 0 Å². The Morgan fingerprint density at radius 3 is 1.29 bits per heavy atom. The molecule has 1 aromatic rings. The first-order valence-electron chi connectivity index (χ1n) is 8.00. The van der Waals surface area contributed by atoms with E-state index in [0.29, 0.717) is 0 Å². The van der Waals surface area contributed by atoms with Crippen molar-refractivity contribution >= 4 is 11.8 Å². The van der Waals surface area contributed by atoms with Gasteiger partial charge in [-0.1, -0.05) is 0 Å². The summed E-state index contributed by atoms with van der Waals surface area (Å²) in [5.41, 5.74) is -13.1. The molecule has 0 atom stereocenters. The molecule has 3 nitrogen and oxygen atoms in total. The number of benzene rings is 1. The van der Waals surface area contributed by atoms with E-state index in [-0.39, 0.29) is 0 Å². The first-order valence-corrected chi connectivity index (χ1v) is 8.00. The van der Waals surface area contributed by atoms with E-state index in [1.807, 2.05) is 0 Å². The van der Waals surface area contributed by atoms with Crippen LogP contribution >= 0.6 is 0 Å². The molecule has 0 N–H and O–H groups in total. The number of halogens is 17. The van der Waals surface area contributed by atoms with E-state index in [2.05, 4.69) is 4.74 Å². The van der Waals surface area contributed by atoms with Crippen LogP contribution in [0.2, 0.25) is 0 Å². The molecule has 0 aliphatic carbocycles. The van der Waals surface area contributed by atoms with Crippen LogP contribution in [0.1, 0.15) is 16.7 Å². The standard InChI is InChI=1S/C15H3F17N2O/c16-9(17,13(24,25)26)8-34-12(14(27,28)29,15(30,31)32)33-7(35-8)4-1-5(10(18,19)20)3-6(2-4)11(21,22)23/h1-3H. The number of nitrogens with zero attached hydrogens (tertiary/aromatic N) is 2. The van der Waals surface area contributed by atoms with E-state index in [1.54, 1.807) is 4.99 Å². The number of hydrogen-bond acceptors (Lipinski definition) is 3. The lowest BCUT2D eigenvalue weighted by atomic mass is 10.0. The van der Waals surface area contributed by atoms with Crippen molar-refractivity contribution in [2.45, 2.75) is 42.5 Å². The van der Waals surface area contributed by atoms with Gasteiger partial charge in [-0.15, -0.1) is 0 Å². The molecule has 0 saturated heterocycles. The van der Waals surface area contributed by atoms with Crippen molar-refractivity contribution in [3.63, 3.8) is 0 Å². The molecule has 2 rings (SSSR count). The van der Waals surface area contributed by atoms with Gasteiger partial charge in [0.2, 0.25) is 5.90 Å². The molecule has 0 unspecified atom stereocenters. The third-order valence-electron chi connectivity index (χ3n) is 3.97. The van der Waals surface area contributed by atoms with E-state index in [4.69, 9.17) is 0 Å². The van der Waals surface area contributed by atoms with Gasteiger partial charge >= 0.3 is 42.5 Å². The Bertz CT molecular complexity index is 990. The van der Waals surface area contributed by atoms with Crippen LogP contribution in [0.3, 0.4) is 0 Å². The van der Waals surface area contributed by atoms with Gasteiger partial charge in [0, 0.05) is 5.56 Å². The molecule has 0 amide bonds. The van der Waals surface area contributed by atoms with Crippen LogP contribution in [0, 0.1) is 0 Å². The fourth-order valence-electron chi connectivity index (χ4n) is 2.33. The summed E-state index contributed by atoms with van der Waals surface area (Å²) in [6.07, 6.45) is -32.5. The van der Waals surface area contributed by atoms with Gasteiger partial charge < -0.3 is 4.74 Å². The second-order valence-electron chi connectivity index (χ2n) is 6.47. The molecule has 20 heteroatoms. The van der Waals surface area contributed by atoms with Crippen molar-refractivity contribution in [1.29, 1.82) is 0 Å². The van der Waals surface area contributed by atoms with Gasteiger partial charge in [-0.3, -0.25) is 0 Å². The highest BCUT2D eigenvalue weighted by atomic mass is 19.4. The number of alkyl halides is 17. The molecule has 0 saturated carbocycles. The Kier molecular flexibility index (Phi) is 6.36. The summed E-state index contributed by atoms with van der Waals surface area (Å²) in [5, 5.41) is 0. The van der Waals surface area contributed by atoms with E-state index in [1.165, 1.54) is 4.99 Å². The zero-order chi connectivity index (χ0) is 27.6. The second-order valence-corrected chi connectivity index (χ2v) is 6.47. The Hall–Kier alpha value is -2.83. The molecule has 0 bridgehead atoms. The molecule has 0 aromatic heterocycles. The summed E-state index contributed by atoms with van der Waals surface area (Å²) < 4.78 is 226. The topological polar surface area (TPSA) is 34.0 Å². The molecule has 1 aliphatic heterocycles. The summed E-state index contributed by atoms with van der Waals surface area (Å²) in [4.78, 5) is 2.99. The molecule has 1 heterocycles. The fourth-order valence-corrected chi connectivity index (χ4v) is 2.33. The van der Waals surface area contributed by atoms with E-state index < -0.39 is 89.2 Å². The van der Waals surface area contributed by atoms with Crippen molar-refractivity contribution in [3.8, 4) is 0 Å². The highest BCUT2D eigenvalue weighted by Gasteiger charge is 2.76. The second kappa shape index (κ2) is 7.84. The minimum absolute atomic E-state index is 0.611. The van der Waals surface area contributed by atoms with Crippen LogP contribution < -0.4 is 0 Å². The Morgan fingerprint density at radius 2 is 0.971 bits per heavy atom. The molecule has 0 spiro atoms. The normalized spacial score (nSPS) is 18.1. The van der Waals surface area contributed by atoms with Gasteiger partial charge in [-0.2, -0.15) is 74.6 Å². The molecule has 0 fully saturated rings. The minimum atomic E-state index is -6.98. The lowest BCUT2D eigenvalue weighted by molar-refractivity contribution is -0.296. The van der Waals surface area contributed by atoms with Crippen molar-refractivity contribution in [2.75, 3.05) is 0 Å². The Labute approximate surface area is 179 Å². The van der Waals surface area contributed by atoms with Crippen LogP contribution in [-0.4, -0.2) is 41.9 Å². The molecule has 1 aromatic carbocycles. The fraction of sp³-hybridized carbons (Fsp3) is 0.467. The smallest absolute Gasteiger partial charge is 0.418 e. The summed E-state index contributed by atoms with van der Waals surface area (Å²) in [6, 6.07) is -1.90. The van der Waals surface area contributed by atoms with Gasteiger partial charge in [0.05, 0.1) is 11.1 Å². The average Bonchev–Trinajstić information content (AvgIpc) is 2.63. The molecule has 198 valence electrons. The number of hydrogen-bond donors (Lipinski definition) is 0. The van der Waals surface area contributed by atoms with Gasteiger partial charge in [0.15, 0.2) is 0 Å². The first-order chi connectivity index (χ1) is 15.2. The summed E-state index contributed by atoms with van der Waals surface area (Å²) in [7, 11) is 0. The molecule has 1 aliphatic rings. The van der Waals surface area contributed by atoms with Gasteiger partial charge in [-0.25, -0.2) is 9.98 Å².